The number of nitrogens with one attached hydrogen (secondary N) is 1. The Labute approximate surface area is 116 Å². The van der Waals surface area contributed by atoms with Crippen LogP contribution in [0.2, 0.25) is 4.34 Å². The predicted molar refractivity (Wildman–Crippen MR) is 76.9 cm³/mol. The van der Waals surface area contributed by atoms with E-state index in [1.807, 2.05) is 19.9 Å². The Hall–Kier alpha value is -0.840. The SMILES string of the molecule is CC(C)(CCO)CNC(=O)/C=C/c1ccc(Cl)s1. The van der Waals surface area contributed by atoms with Crippen molar-refractivity contribution < 1.29 is 9.90 Å². The first-order valence-corrected chi connectivity index (χ1v) is 6.94. The third kappa shape index (κ3) is 5.67. The van der Waals surface area contributed by atoms with E-state index >= 15 is 0 Å². The van der Waals surface area contributed by atoms with Gasteiger partial charge in [-0.3, -0.25) is 4.79 Å². The van der Waals surface area contributed by atoms with E-state index in [0.717, 1.165) is 4.88 Å². The number of halogens is 1. The van der Waals surface area contributed by atoms with Crippen LogP contribution in [0, 0.1) is 5.41 Å². The number of aliphatic hydroxyl groups is 1. The van der Waals surface area contributed by atoms with Crippen LogP contribution in [-0.4, -0.2) is 24.2 Å². The summed E-state index contributed by atoms with van der Waals surface area (Å²) in [6, 6.07) is 3.67. The van der Waals surface area contributed by atoms with E-state index in [1.165, 1.54) is 17.4 Å². The lowest BCUT2D eigenvalue weighted by Crippen LogP contribution is -2.33. The zero-order valence-electron chi connectivity index (χ0n) is 10.6. The molecule has 0 radical (unpaired) electrons. The Balaban J connectivity index is 2.40. The zero-order chi connectivity index (χ0) is 13.6. The van der Waals surface area contributed by atoms with Crippen LogP contribution >= 0.6 is 22.9 Å². The number of aliphatic hydroxyl groups excluding tert-OH is 1. The van der Waals surface area contributed by atoms with Crippen LogP contribution in [-0.2, 0) is 4.79 Å². The monoisotopic (exact) mass is 287 g/mol. The fraction of sp³-hybridized carbons (Fsp3) is 0.462. The van der Waals surface area contributed by atoms with Gasteiger partial charge in [-0.15, -0.1) is 11.3 Å². The first-order chi connectivity index (χ1) is 8.43. The van der Waals surface area contributed by atoms with E-state index < -0.39 is 0 Å². The minimum absolute atomic E-state index is 0.0928. The molecule has 0 atom stereocenters. The molecule has 5 heteroatoms. The molecule has 18 heavy (non-hydrogen) atoms. The van der Waals surface area contributed by atoms with E-state index in [1.54, 1.807) is 12.1 Å². The normalized spacial score (nSPS) is 12.0. The molecule has 0 aliphatic rings. The van der Waals surface area contributed by atoms with Crippen LogP contribution in [0.3, 0.4) is 0 Å². The van der Waals surface area contributed by atoms with Gasteiger partial charge in [0.15, 0.2) is 0 Å². The van der Waals surface area contributed by atoms with Gasteiger partial charge < -0.3 is 10.4 Å². The highest BCUT2D eigenvalue weighted by atomic mass is 35.5. The summed E-state index contributed by atoms with van der Waals surface area (Å²) in [6.07, 6.45) is 3.90. The molecular weight excluding hydrogens is 270 g/mol. The fourth-order valence-electron chi connectivity index (χ4n) is 1.35. The smallest absolute Gasteiger partial charge is 0.244 e. The molecule has 0 aliphatic carbocycles. The average molecular weight is 288 g/mol. The molecule has 2 N–H and O–H groups in total. The summed E-state index contributed by atoms with van der Waals surface area (Å²) in [6.45, 7) is 4.69. The number of hydrogen-bond donors (Lipinski definition) is 2. The summed E-state index contributed by atoms with van der Waals surface area (Å²) in [7, 11) is 0. The van der Waals surface area contributed by atoms with Crippen LogP contribution in [0.15, 0.2) is 18.2 Å². The molecular formula is C13H18ClNO2S. The molecule has 0 saturated heterocycles. The Morgan fingerprint density at radius 3 is 2.83 bits per heavy atom. The fourth-order valence-corrected chi connectivity index (χ4v) is 2.32. The van der Waals surface area contributed by atoms with E-state index in [4.69, 9.17) is 16.7 Å². The van der Waals surface area contributed by atoms with Crippen LogP contribution in [0.5, 0.6) is 0 Å². The number of carbonyl (C=O) groups is 1. The highest BCUT2D eigenvalue weighted by Crippen LogP contribution is 2.22. The summed E-state index contributed by atoms with van der Waals surface area (Å²) in [4.78, 5) is 12.5. The summed E-state index contributed by atoms with van der Waals surface area (Å²) in [5.41, 5.74) is -0.0928. The molecule has 1 amide bonds. The second kappa shape index (κ2) is 6.92. The van der Waals surface area contributed by atoms with E-state index in [2.05, 4.69) is 5.32 Å². The first-order valence-electron chi connectivity index (χ1n) is 5.75. The number of thiophene rings is 1. The third-order valence-corrected chi connectivity index (χ3v) is 3.72. The van der Waals surface area contributed by atoms with Crippen molar-refractivity contribution in [3.8, 4) is 0 Å². The molecule has 0 fully saturated rings. The van der Waals surface area contributed by atoms with Gasteiger partial charge in [0.1, 0.15) is 0 Å². The molecule has 0 unspecified atom stereocenters. The Bertz CT molecular complexity index is 426. The van der Waals surface area contributed by atoms with E-state index in [0.29, 0.717) is 17.3 Å². The average Bonchev–Trinajstić information content (AvgIpc) is 2.70. The van der Waals surface area contributed by atoms with Gasteiger partial charge in [0.2, 0.25) is 5.91 Å². The predicted octanol–water partition coefficient (Wildman–Crippen LogP) is 2.94. The molecule has 1 heterocycles. The van der Waals surface area contributed by atoms with Gasteiger partial charge in [-0.25, -0.2) is 0 Å². The lowest BCUT2D eigenvalue weighted by atomic mass is 9.90. The van der Waals surface area contributed by atoms with Gasteiger partial charge in [-0.2, -0.15) is 0 Å². The molecule has 100 valence electrons. The highest BCUT2D eigenvalue weighted by Gasteiger charge is 2.17. The van der Waals surface area contributed by atoms with Crippen molar-refractivity contribution >= 4 is 34.9 Å². The highest BCUT2D eigenvalue weighted by molar-refractivity contribution is 7.17. The molecule has 0 bridgehead atoms. The molecule has 1 aromatic heterocycles. The standard InChI is InChI=1S/C13H18ClNO2S/c1-13(2,7-8-16)9-15-12(17)6-4-10-3-5-11(14)18-10/h3-6,16H,7-9H2,1-2H3,(H,15,17)/b6-4+. The second-order valence-corrected chi connectivity index (χ2v) is 6.58. The minimum atomic E-state index is -0.134. The number of hydrogen-bond acceptors (Lipinski definition) is 3. The van der Waals surface area contributed by atoms with E-state index in [-0.39, 0.29) is 17.9 Å². The summed E-state index contributed by atoms with van der Waals surface area (Å²) >= 11 is 7.22. The Morgan fingerprint density at radius 1 is 1.56 bits per heavy atom. The van der Waals surface area contributed by atoms with Gasteiger partial charge in [0.25, 0.3) is 0 Å². The van der Waals surface area contributed by atoms with Crippen molar-refractivity contribution in [2.24, 2.45) is 5.41 Å². The van der Waals surface area contributed by atoms with Crippen molar-refractivity contribution in [2.45, 2.75) is 20.3 Å². The van der Waals surface area contributed by atoms with Crippen LogP contribution in [0.25, 0.3) is 6.08 Å². The lowest BCUT2D eigenvalue weighted by molar-refractivity contribution is -0.116. The van der Waals surface area contributed by atoms with E-state index in [9.17, 15) is 4.79 Å². The molecule has 0 aliphatic heterocycles. The van der Waals surface area contributed by atoms with Gasteiger partial charge in [0, 0.05) is 24.1 Å². The largest absolute Gasteiger partial charge is 0.396 e. The van der Waals surface area contributed by atoms with Crippen LogP contribution in [0.1, 0.15) is 25.1 Å². The molecule has 0 aromatic carbocycles. The minimum Gasteiger partial charge on any atom is -0.396 e. The number of carbonyl (C=O) groups excluding carboxylic acids is 1. The van der Waals surface area contributed by atoms with Crippen molar-refractivity contribution in [1.82, 2.24) is 5.32 Å². The second-order valence-electron chi connectivity index (χ2n) is 4.83. The Morgan fingerprint density at radius 2 is 2.28 bits per heavy atom. The molecule has 3 nitrogen and oxygen atoms in total. The Kier molecular flexibility index (Phi) is 5.85. The van der Waals surface area contributed by atoms with Gasteiger partial charge >= 0.3 is 0 Å². The summed E-state index contributed by atoms with van der Waals surface area (Å²) in [5, 5.41) is 11.7. The number of amides is 1. The third-order valence-electron chi connectivity index (χ3n) is 2.52. The van der Waals surface area contributed by atoms with Gasteiger partial charge in [0.05, 0.1) is 4.34 Å². The number of rotatable bonds is 6. The molecule has 1 rings (SSSR count). The molecule has 0 saturated carbocycles. The zero-order valence-corrected chi connectivity index (χ0v) is 12.1. The lowest BCUT2D eigenvalue weighted by Gasteiger charge is -2.23. The molecule has 0 spiro atoms. The maximum Gasteiger partial charge on any atom is 0.244 e. The summed E-state index contributed by atoms with van der Waals surface area (Å²) in [5.74, 6) is -0.134. The van der Waals surface area contributed by atoms with Crippen LogP contribution < -0.4 is 5.32 Å². The maximum absolute atomic E-state index is 11.6. The summed E-state index contributed by atoms with van der Waals surface area (Å²) < 4.78 is 0.708. The van der Waals surface area contributed by atoms with Crippen molar-refractivity contribution in [2.75, 3.05) is 13.2 Å². The quantitative estimate of drug-likeness (QED) is 0.791. The maximum atomic E-state index is 11.6. The first kappa shape index (κ1) is 15.2. The van der Waals surface area contributed by atoms with Crippen molar-refractivity contribution in [3.63, 3.8) is 0 Å². The molecule has 1 aromatic rings. The van der Waals surface area contributed by atoms with Crippen LogP contribution in [0.4, 0.5) is 0 Å². The van der Waals surface area contributed by atoms with Crippen molar-refractivity contribution in [3.05, 3.63) is 27.4 Å². The van der Waals surface area contributed by atoms with Gasteiger partial charge in [-0.05, 0) is 30.0 Å². The van der Waals surface area contributed by atoms with Crippen molar-refractivity contribution in [1.29, 1.82) is 0 Å². The van der Waals surface area contributed by atoms with Gasteiger partial charge in [-0.1, -0.05) is 25.4 Å². The topological polar surface area (TPSA) is 49.3 Å².